The van der Waals surface area contributed by atoms with Crippen LogP contribution in [0.2, 0.25) is 0 Å². The van der Waals surface area contributed by atoms with Gasteiger partial charge in [-0.25, -0.2) is 4.39 Å². The lowest BCUT2D eigenvalue weighted by Gasteiger charge is -2.48. The fraction of sp³-hybridized carbons (Fsp3) is 0.542. The van der Waals surface area contributed by atoms with E-state index in [1.54, 1.807) is 12.3 Å². The number of hydrogen-bond donors (Lipinski definition) is 2. The molecule has 4 rings (SSSR count). The second-order valence-electron chi connectivity index (χ2n) is 8.97. The largest absolute Gasteiger partial charge is 0.353 e. The number of carbonyl (C=O) groups excluding carboxylic acids is 2. The van der Waals surface area contributed by atoms with E-state index in [0.29, 0.717) is 12.2 Å². The summed E-state index contributed by atoms with van der Waals surface area (Å²) in [7, 11) is 0. The molecule has 1 aliphatic carbocycles. The van der Waals surface area contributed by atoms with Crippen LogP contribution in [-0.2, 0) is 11.3 Å². The van der Waals surface area contributed by atoms with Crippen LogP contribution in [0.5, 0.6) is 0 Å². The van der Waals surface area contributed by atoms with Crippen LogP contribution in [0.3, 0.4) is 0 Å². The number of carbonyl (C=O) groups is 2. The summed E-state index contributed by atoms with van der Waals surface area (Å²) in [4.78, 5) is 27.5. The molecule has 2 amide bonds. The summed E-state index contributed by atoms with van der Waals surface area (Å²) in [5.74, 6) is -1.22. The summed E-state index contributed by atoms with van der Waals surface area (Å²) in [5, 5.41) is 9.93. The Bertz CT molecular complexity index is 932. The molecule has 32 heavy (non-hydrogen) atoms. The number of hydrogen-bond acceptors (Lipinski definition) is 4. The van der Waals surface area contributed by atoms with Crippen molar-refractivity contribution in [3.05, 3.63) is 48.0 Å². The third kappa shape index (κ3) is 5.35. The molecule has 1 saturated heterocycles. The topological polar surface area (TPSA) is 79.3 Å². The Morgan fingerprint density at radius 1 is 1.03 bits per heavy atom. The number of aromatic nitrogens is 2. The van der Waals surface area contributed by atoms with Gasteiger partial charge in [0, 0.05) is 18.3 Å². The number of nitrogens with zero attached hydrogens (tertiary/aromatic N) is 3. The predicted molar refractivity (Wildman–Crippen MR) is 121 cm³/mol. The van der Waals surface area contributed by atoms with Crippen molar-refractivity contribution in [2.45, 2.75) is 63.5 Å². The highest BCUT2D eigenvalue weighted by atomic mass is 19.1. The molecular formula is C24H32FN5O2. The van der Waals surface area contributed by atoms with Gasteiger partial charge in [-0.1, -0.05) is 37.8 Å². The summed E-state index contributed by atoms with van der Waals surface area (Å²) in [6.45, 7) is 3.00. The number of rotatable bonds is 7. The quantitative estimate of drug-likeness (QED) is 0.688. The zero-order valence-corrected chi connectivity index (χ0v) is 18.5. The highest BCUT2D eigenvalue weighted by Crippen LogP contribution is 2.35. The number of halogens is 1. The van der Waals surface area contributed by atoms with E-state index >= 15 is 0 Å². The Morgan fingerprint density at radius 3 is 2.50 bits per heavy atom. The number of piperidine rings is 1. The molecule has 8 heteroatoms. The number of likely N-dealkylation sites (tertiary alicyclic amines) is 1. The molecule has 2 N–H and O–H groups in total. The van der Waals surface area contributed by atoms with E-state index in [-0.39, 0.29) is 23.6 Å². The van der Waals surface area contributed by atoms with E-state index in [2.05, 4.69) is 20.6 Å². The van der Waals surface area contributed by atoms with Gasteiger partial charge in [-0.2, -0.15) is 5.10 Å². The molecule has 2 aromatic rings. The van der Waals surface area contributed by atoms with Gasteiger partial charge < -0.3 is 10.6 Å². The van der Waals surface area contributed by atoms with Crippen LogP contribution in [0.25, 0.3) is 0 Å². The molecule has 1 saturated carbocycles. The summed E-state index contributed by atoms with van der Waals surface area (Å²) in [6, 6.07) is 5.80. The fourth-order valence-electron chi connectivity index (χ4n) is 5.01. The number of amides is 2. The number of benzene rings is 1. The van der Waals surface area contributed by atoms with Crippen LogP contribution in [0.15, 0.2) is 36.7 Å². The Hall–Kier alpha value is -2.74. The second-order valence-corrected chi connectivity index (χ2v) is 8.97. The molecule has 2 heterocycles. The van der Waals surface area contributed by atoms with Gasteiger partial charge in [-0.15, -0.1) is 0 Å². The first-order valence-corrected chi connectivity index (χ1v) is 11.7. The smallest absolute Gasteiger partial charge is 0.258 e. The van der Waals surface area contributed by atoms with Crippen molar-refractivity contribution in [2.24, 2.45) is 0 Å². The third-order valence-corrected chi connectivity index (χ3v) is 6.74. The third-order valence-electron chi connectivity index (χ3n) is 6.74. The average Bonchev–Trinajstić information content (AvgIpc) is 3.25. The van der Waals surface area contributed by atoms with Gasteiger partial charge in [0.05, 0.1) is 17.4 Å². The van der Waals surface area contributed by atoms with Crippen LogP contribution in [0, 0.1) is 5.82 Å². The van der Waals surface area contributed by atoms with Gasteiger partial charge in [0.2, 0.25) is 5.91 Å². The molecule has 1 aliphatic heterocycles. The van der Waals surface area contributed by atoms with E-state index in [1.165, 1.54) is 67.6 Å². The highest BCUT2D eigenvalue weighted by Gasteiger charge is 2.38. The lowest BCUT2D eigenvalue weighted by Crippen LogP contribution is -2.58. The maximum absolute atomic E-state index is 13.8. The van der Waals surface area contributed by atoms with Crippen molar-refractivity contribution in [2.75, 3.05) is 25.0 Å². The number of nitrogens with one attached hydrogen (secondary N) is 2. The monoisotopic (exact) mass is 441 g/mol. The Balaban J connectivity index is 1.31. The molecule has 0 spiro atoms. The maximum atomic E-state index is 13.8. The zero-order valence-electron chi connectivity index (χ0n) is 18.5. The van der Waals surface area contributed by atoms with Gasteiger partial charge in [0.15, 0.2) is 0 Å². The molecule has 1 aromatic carbocycles. The lowest BCUT2D eigenvalue weighted by atomic mass is 9.79. The maximum Gasteiger partial charge on any atom is 0.258 e. The number of anilines is 1. The van der Waals surface area contributed by atoms with Gasteiger partial charge in [0.1, 0.15) is 12.4 Å². The molecule has 1 aromatic heterocycles. The van der Waals surface area contributed by atoms with Gasteiger partial charge in [-0.3, -0.25) is 19.2 Å². The van der Waals surface area contributed by atoms with E-state index in [0.717, 1.165) is 25.9 Å². The minimum absolute atomic E-state index is 0.0338. The lowest BCUT2D eigenvalue weighted by molar-refractivity contribution is -0.122. The summed E-state index contributed by atoms with van der Waals surface area (Å²) in [5.41, 5.74) is 0.466. The van der Waals surface area contributed by atoms with E-state index < -0.39 is 11.7 Å². The van der Waals surface area contributed by atoms with Crippen molar-refractivity contribution in [3.8, 4) is 0 Å². The molecule has 2 aliphatic rings. The second kappa shape index (κ2) is 10.3. The standard InChI is InChI=1S/C24H32FN5O2/c25-21-10-4-3-9-20(21)23(32)28-19-15-27-30(16-19)17-22(31)26-18-24(11-5-1-6-12-24)29-13-7-2-8-14-29/h3-4,9-10,15-16H,1-2,5-8,11-14,17-18H2,(H,26,31)(H,28,32). The highest BCUT2D eigenvalue weighted by molar-refractivity contribution is 6.04. The van der Waals surface area contributed by atoms with Crippen LogP contribution in [-0.4, -0.2) is 51.7 Å². The molecule has 2 fully saturated rings. The van der Waals surface area contributed by atoms with Crippen LogP contribution < -0.4 is 10.6 Å². The van der Waals surface area contributed by atoms with E-state index in [1.807, 2.05) is 0 Å². The van der Waals surface area contributed by atoms with Crippen molar-refractivity contribution in [1.82, 2.24) is 20.0 Å². The molecule has 0 atom stereocenters. The molecule has 0 radical (unpaired) electrons. The van der Waals surface area contributed by atoms with Crippen molar-refractivity contribution in [1.29, 1.82) is 0 Å². The molecule has 0 unspecified atom stereocenters. The normalized spacial score (nSPS) is 18.8. The Kier molecular flexibility index (Phi) is 7.19. The predicted octanol–water partition coefficient (Wildman–Crippen LogP) is 3.58. The van der Waals surface area contributed by atoms with Crippen LogP contribution in [0.1, 0.15) is 61.7 Å². The minimum atomic E-state index is -0.581. The minimum Gasteiger partial charge on any atom is -0.353 e. The molecule has 0 bridgehead atoms. The first-order chi connectivity index (χ1) is 15.6. The first-order valence-electron chi connectivity index (χ1n) is 11.7. The van der Waals surface area contributed by atoms with E-state index in [9.17, 15) is 14.0 Å². The van der Waals surface area contributed by atoms with Crippen molar-refractivity contribution in [3.63, 3.8) is 0 Å². The zero-order chi connectivity index (χ0) is 22.4. The van der Waals surface area contributed by atoms with Crippen LogP contribution in [0.4, 0.5) is 10.1 Å². The fourth-order valence-corrected chi connectivity index (χ4v) is 5.01. The molecule has 7 nitrogen and oxygen atoms in total. The van der Waals surface area contributed by atoms with Crippen LogP contribution >= 0.6 is 0 Å². The summed E-state index contributed by atoms with van der Waals surface area (Å²) < 4.78 is 15.3. The SMILES string of the molecule is O=C(Cn1cc(NC(=O)c2ccccc2F)cn1)NCC1(N2CCCCC2)CCCCC1. The molecule has 172 valence electrons. The Labute approximate surface area is 188 Å². The Morgan fingerprint density at radius 2 is 1.75 bits per heavy atom. The van der Waals surface area contributed by atoms with Crippen molar-refractivity contribution >= 4 is 17.5 Å². The summed E-state index contributed by atoms with van der Waals surface area (Å²) in [6.07, 6.45) is 12.8. The van der Waals surface area contributed by atoms with Gasteiger partial charge >= 0.3 is 0 Å². The van der Waals surface area contributed by atoms with Crippen molar-refractivity contribution < 1.29 is 14.0 Å². The first kappa shape index (κ1) is 22.5. The van der Waals surface area contributed by atoms with E-state index in [4.69, 9.17) is 0 Å². The van der Waals surface area contributed by atoms with Gasteiger partial charge in [0.25, 0.3) is 5.91 Å². The van der Waals surface area contributed by atoms with Gasteiger partial charge in [-0.05, 0) is 50.9 Å². The average molecular weight is 442 g/mol. The molecular weight excluding hydrogens is 409 g/mol. The summed E-state index contributed by atoms with van der Waals surface area (Å²) >= 11 is 0.